The number of hydrogen-bond donors (Lipinski definition) is 2. The SMILES string of the molecule is CN(C)C(COCC(N(C)C)N(C)CCO)N(C)CCO. The quantitative estimate of drug-likeness (QED) is 0.431. The molecule has 7 heteroatoms. The lowest BCUT2D eigenvalue weighted by atomic mass is 10.4. The molecule has 2 N–H and O–H groups in total. The summed E-state index contributed by atoms with van der Waals surface area (Å²) in [6.07, 6.45) is 0.256. The van der Waals surface area contributed by atoms with Crippen molar-refractivity contribution in [1.82, 2.24) is 19.6 Å². The Labute approximate surface area is 129 Å². The summed E-state index contributed by atoms with van der Waals surface area (Å²) in [5.41, 5.74) is 0. The van der Waals surface area contributed by atoms with Crippen molar-refractivity contribution in [3.63, 3.8) is 0 Å². The normalized spacial score (nSPS) is 15.4. The van der Waals surface area contributed by atoms with Crippen LogP contribution in [0.1, 0.15) is 0 Å². The molecule has 0 aromatic heterocycles. The van der Waals surface area contributed by atoms with Crippen molar-refractivity contribution in [2.45, 2.75) is 12.3 Å². The van der Waals surface area contributed by atoms with E-state index in [2.05, 4.69) is 19.6 Å². The van der Waals surface area contributed by atoms with Crippen molar-refractivity contribution in [3.05, 3.63) is 0 Å². The van der Waals surface area contributed by atoms with Crippen LogP contribution >= 0.6 is 0 Å². The summed E-state index contributed by atoms with van der Waals surface area (Å²) in [7, 11) is 12.0. The largest absolute Gasteiger partial charge is 0.395 e. The lowest BCUT2D eigenvalue weighted by Gasteiger charge is -2.35. The highest BCUT2D eigenvalue weighted by atomic mass is 16.5. The zero-order valence-electron chi connectivity index (χ0n) is 14.5. The molecule has 0 fully saturated rings. The predicted octanol–water partition coefficient (Wildman–Crippen LogP) is -1.37. The number of ether oxygens (including phenoxy) is 1. The third-order valence-corrected chi connectivity index (χ3v) is 3.65. The van der Waals surface area contributed by atoms with Gasteiger partial charge in [-0.25, -0.2) is 0 Å². The Balaban J connectivity index is 4.38. The van der Waals surface area contributed by atoms with Crippen molar-refractivity contribution in [1.29, 1.82) is 0 Å². The number of nitrogens with zero attached hydrogens (tertiary/aromatic N) is 4. The highest BCUT2D eigenvalue weighted by Crippen LogP contribution is 2.04. The molecule has 7 nitrogen and oxygen atoms in total. The first-order chi connectivity index (χ1) is 9.84. The van der Waals surface area contributed by atoms with Gasteiger partial charge in [0.25, 0.3) is 0 Å². The first-order valence-corrected chi connectivity index (χ1v) is 7.37. The molecular weight excluding hydrogens is 272 g/mol. The second-order valence-electron chi connectivity index (χ2n) is 5.83. The Bertz CT molecular complexity index is 230. The van der Waals surface area contributed by atoms with Crippen LogP contribution in [0.4, 0.5) is 0 Å². The smallest absolute Gasteiger partial charge is 0.0857 e. The zero-order chi connectivity index (χ0) is 16.4. The fourth-order valence-corrected chi connectivity index (χ4v) is 2.23. The Hall–Kier alpha value is -0.280. The molecule has 2 atom stereocenters. The predicted molar refractivity (Wildman–Crippen MR) is 85.2 cm³/mol. The van der Waals surface area contributed by atoms with E-state index in [0.717, 1.165) is 0 Å². The summed E-state index contributed by atoms with van der Waals surface area (Å²) in [5, 5.41) is 18.1. The van der Waals surface area contributed by atoms with Gasteiger partial charge in [-0.15, -0.1) is 0 Å². The number of aliphatic hydroxyl groups excluding tert-OH is 2. The summed E-state index contributed by atoms with van der Waals surface area (Å²) in [6.45, 7) is 2.66. The summed E-state index contributed by atoms with van der Waals surface area (Å²) in [6, 6.07) is 0. The maximum Gasteiger partial charge on any atom is 0.0857 e. The van der Waals surface area contributed by atoms with Crippen LogP contribution in [0.25, 0.3) is 0 Å². The third kappa shape index (κ3) is 8.06. The molecule has 0 saturated heterocycles. The second-order valence-corrected chi connectivity index (χ2v) is 5.83. The van der Waals surface area contributed by atoms with Gasteiger partial charge in [0.05, 0.1) is 38.8 Å². The standard InChI is InChI=1S/C14H34N4O3/c1-15(2)13(17(5)7-9-19)11-21-12-14(16(3)4)18(6)8-10-20/h13-14,19-20H,7-12H2,1-6H3. The Morgan fingerprint density at radius 2 is 1.05 bits per heavy atom. The molecule has 0 rings (SSSR count). The topological polar surface area (TPSA) is 62.7 Å². The van der Waals surface area contributed by atoms with Gasteiger partial charge in [0, 0.05) is 13.1 Å². The molecule has 0 aliphatic carbocycles. The number of rotatable bonds is 12. The maximum atomic E-state index is 9.05. The van der Waals surface area contributed by atoms with E-state index in [9.17, 15) is 0 Å². The molecule has 0 saturated carbocycles. The minimum absolute atomic E-state index is 0.128. The molecule has 0 spiro atoms. The third-order valence-electron chi connectivity index (χ3n) is 3.65. The fourth-order valence-electron chi connectivity index (χ4n) is 2.23. The number of aliphatic hydroxyl groups is 2. The first kappa shape index (κ1) is 20.7. The van der Waals surface area contributed by atoms with Crippen LogP contribution in [0, 0.1) is 0 Å². The average Bonchev–Trinajstić information content (AvgIpc) is 2.38. The zero-order valence-corrected chi connectivity index (χ0v) is 14.5. The van der Waals surface area contributed by atoms with Crippen molar-refractivity contribution < 1.29 is 14.9 Å². The molecule has 21 heavy (non-hydrogen) atoms. The highest BCUT2D eigenvalue weighted by Gasteiger charge is 2.20. The monoisotopic (exact) mass is 306 g/mol. The van der Waals surface area contributed by atoms with Crippen LogP contribution in [0.5, 0.6) is 0 Å². The van der Waals surface area contributed by atoms with Gasteiger partial charge in [0.2, 0.25) is 0 Å². The summed E-state index contributed by atoms with van der Waals surface area (Å²) in [5.74, 6) is 0. The van der Waals surface area contributed by atoms with Crippen LogP contribution in [0.15, 0.2) is 0 Å². The second kappa shape index (κ2) is 11.3. The van der Waals surface area contributed by atoms with E-state index in [4.69, 9.17) is 14.9 Å². The van der Waals surface area contributed by atoms with Crippen molar-refractivity contribution in [2.75, 3.05) is 81.8 Å². The summed E-state index contributed by atoms with van der Waals surface area (Å²) >= 11 is 0. The molecule has 0 radical (unpaired) electrons. The van der Waals surface area contributed by atoms with E-state index in [1.807, 2.05) is 42.3 Å². The molecule has 0 amide bonds. The van der Waals surface area contributed by atoms with E-state index in [-0.39, 0.29) is 25.5 Å². The van der Waals surface area contributed by atoms with Crippen LogP contribution in [-0.2, 0) is 4.74 Å². The van der Waals surface area contributed by atoms with Crippen LogP contribution in [0.3, 0.4) is 0 Å². The van der Waals surface area contributed by atoms with Crippen molar-refractivity contribution in [2.24, 2.45) is 0 Å². The van der Waals surface area contributed by atoms with Gasteiger partial charge in [0.15, 0.2) is 0 Å². The van der Waals surface area contributed by atoms with E-state index in [1.165, 1.54) is 0 Å². The van der Waals surface area contributed by atoms with Gasteiger partial charge in [0.1, 0.15) is 0 Å². The van der Waals surface area contributed by atoms with Crippen molar-refractivity contribution in [3.8, 4) is 0 Å². The minimum Gasteiger partial charge on any atom is -0.395 e. The molecule has 0 aliphatic rings. The van der Waals surface area contributed by atoms with Gasteiger partial charge >= 0.3 is 0 Å². The van der Waals surface area contributed by atoms with Crippen molar-refractivity contribution >= 4 is 0 Å². The lowest BCUT2D eigenvalue weighted by molar-refractivity contribution is -0.0415. The van der Waals surface area contributed by atoms with E-state index in [1.54, 1.807) is 0 Å². The van der Waals surface area contributed by atoms with Gasteiger partial charge in [-0.3, -0.25) is 19.6 Å². The molecule has 128 valence electrons. The molecule has 0 heterocycles. The van der Waals surface area contributed by atoms with Crippen LogP contribution in [0.2, 0.25) is 0 Å². The lowest BCUT2D eigenvalue weighted by Crippen LogP contribution is -2.50. The molecular formula is C14H34N4O3. The highest BCUT2D eigenvalue weighted by molar-refractivity contribution is 4.68. The molecule has 2 unspecified atom stereocenters. The van der Waals surface area contributed by atoms with E-state index in [0.29, 0.717) is 26.3 Å². The molecule has 0 aliphatic heterocycles. The van der Waals surface area contributed by atoms with Crippen LogP contribution in [-0.4, -0.2) is 124 Å². The first-order valence-electron chi connectivity index (χ1n) is 7.37. The van der Waals surface area contributed by atoms with Gasteiger partial charge < -0.3 is 14.9 Å². The van der Waals surface area contributed by atoms with Gasteiger partial charge in [-0.1, -0.05) is 0 Å². The molecule has 0 aromatic carbocycles. The average molecular weight is 306 g/mol. The summed E-state index contributed by atoms with van der Waals surface area (Å²) < 4.78 is 5.89. The fraction of sp³-hybridized carbons (Fsp3) is 1.00. The molecule has 0 bridgehead atoms. The Morgan fingerprint density at radius 3 is 1.29 bits per heavy atom. The maximum absolute atomic E-state index is 9.05. The van der Waals surface area contributed by atoms with Gasteiger partial charge in [-0.05, 0) is 42.3 Å². The minimum atomic E-state index is 0.128. The number of likely N-dealkylation sites (N-methyl/N-ethyl adjacent to an activating group) is 4. The van der Waals surface area contributed by atoms with E-state index < -0.39 is 0 Å². The number of hydrogen-bond acceptors (Lipinski definition) is 7. The van der Waals surface area contributed by atoms with Gasteiger partial charge in [-0.2, -0.15) is 0 Å². The van der Waals surface area contributed by atoms with E-state index >= 15 is 0 Å². The summed E-state index contributed by atoms with van der Waals surface area (Å²) in [4.78, 5) is 8.31. The molecule has 0 aromatic rings. The Morgan fingerprint density at radius 1 is 0.714 bits per heavy atom. The van der Waals surface area contributed by atoms with Crippen LogP contribution < -0.4 is 0 Å². The Kier molecular flexibility index (Phi) is 11.2.